The number of nitrogens with zero attached hydrogens (tertiary/aromatic N) is 1. The Morgan fingerprint density at radius 3 is 2.25 bits per heavy atom. The molecule has 2 bridgehead atoms. The van der Waals surface area contributed by atoms with Gasteiger partial charge in [0.2, 0.25) is 10.0 Å². The molecule has 8 rings (SSSR count). The first kappa shape index (κ1) is 33.9. The van der Waals surface area contributed by atoms with E-state index >= 15 is 0 Å². The van der Waals surface area contributed by atoms with Crippen molar-refractivity contribution >= 4 is 15.8 Å². The van der Waals surface area contributed by atoms with E-state index in [0.29, 0.717) is 37.9 Å². The lowest BCUT2D eigenvalue weighted by Crippen LogP contribution is -2.67. The molecular formula is C40H51NO6S. The summed E-state index contributed by atoms with van der Waals surface area (Å²) in [6.45, 7) is 5.29. The van der Waals surface area contributed by atoms with Gasteiger partial charge in [0.1, 0.15) is 0 Å². The number of carbonyl (C=O) groups is 1. The number of allylic oxidation sites excluding steroid dienone is 4. The zero-order chi connectivity index (χ0) is 34.2. The molecule has 8 atom stereocenters. The number of ether oxygens (including phenoxy) is 1. The van der Waals surface area contributed by atoms with Crippen molar-refractivity contribution in [2.75, 3.05) is 33.1 Å². The van der Waals surface area contributed by atoms with Crippen LogP contribution in [0.15, 0.2) is 78.4 Å². The van der Waals surface area contributed by atoms with Gasteiger partial charge < -0.3 is 14.9 Å². The van der Waals surface area contributed by atoms with E-state index in [2.05, 4.69) is 44.2 Å². The third-order valence-corrected chi connectivity index (χ3v) is 15.1. The first-order valence-electron chi connectivity index (χ1n) is 17.7. The number of fused-ring (bicyclic) bond motifs is 1. The lowest BCUT2D eigenvalue weighted by molar-refractivity contribution is -0.173. The number of methoxy groups -OCH3 is 1. The molecule has 3 saturated carbocycles. The molecule has 0 amide bonds. The number of hydrogen-bond acceptors (Lipinski definition) is 6. The van der Waals surface area contributed by atoms with Crippen LogP contribution in [-0.2, 0) is 14.8 Å². The Morgan fingerprint density at radius 1 is 0.917 bits per heavy atom. The van der Waals surface area contributed by atoms with Gasteiger partial charge in [-0.15, -0.1) is 0 Å². The van der Waals surface area contributed by atoms with Crippen molar-refractivity contribution in [2.24, 2.45) is 33.5 Å². The van der Waals surface area contributed by atoms with Crippen LogP contribution in [0.4, 0.5) is 0 Å². The Kier molecular flexibility index (Phi) is 8.27. The predicted molar refractivity (Wildman–Crippen MR) is 188 cm³/mol. The van der Waals surface area contributed by atoms with Gasteiger partial charge >= 0.3 is 0 Å². The number of hydrogen-bond donors (Lipinski definition) is 2. The lowest BCUT2D eigenvalue weighted by Gasteiger charge is -2.71. The molecule has 2 spiro atoms. The van der Waals surface area contributed by atoms with Gasteiger partial charge in [0.25, 0.3) is 0 Å². The first-order valence-corrected chi connectivity index (χ1v) is 19.6. The summed E-state index contributed by atoms with van der Waals surface area (Å²) in [5, 5.41) is 23.7. The summed E-state index contributed by atoms with van der Waals surface area (Å²) >= 11 is 0. The second-order valence-electron chi connectivity index (χ2n) is 16.0. The summed E-state index contributed by atoms with van der Waals surface area (Å²) in [7, 11) is -1.97. The van der Waals surface area contributed by atoms with E-state index in [1.165, 1.54) is 10.6 Å². The smallest absolute Gasteiger partial charge is 0.211 e. The van der Waals surface area contributed by atoms with Crippen LogP contribution in [0.3, 0.4) is 0 Å². The Balaban J connectivity index is 1.31. The molecule has 3 fully saturated rings. The summed E-state index contributed by atoms with van der Waals surface area (Å²) < 4.78 is 32.6. The molecule has 258 valence electrons. The molecule has 2 aromatic carbocycles. The molecule has 6 aliphatic rings. The standard InChI is InChI=1S/C40H51NO6S/c1-36-18-15-31(42)25-38(36)21-22-40(32(26-38)35(43)30-13-11-29(12-14-30)28-9-6-5-7-10-28)33(36)16-19-37(2)34(40)17-20-39(37,44)27-41(48(4,45)46)23-8-24-47-3/h5-7,9-14,21-22,26,31,33-34,42,44H,8,15-20,23-25,27H2,1-4H3/t31?,33-,34-,36-,37+,38+,39-,40-/m1/s1. The number of benzene rings is 2. The molecular weight excluding hydrogens is 623 g/mol. The molecule has 6 aliphatic carbocycles. The highest BCUT2D eigenvalue weighted by Gasteiger charge is 2.74. The minimum Gasteiger partial charge on any atom is -0.393 e. The van der Waals surface area contributed by atoms with Crippen molar-refractivity contribution in [2.45, 2.75) is 76.9 Å². The average molecular weight is 674 g/mol. The van der Waals surface area contributed by atoms with Crippen LogP contribution in [0, 0.1) is 33.5 Å². The van der Waals surface area contributed by atoms with Crippen LogP contribution >= 0.6 is 0 Å². The number of rotatable bonds is 10. The Bertz CT molecular complexity index is 1740. The van der Waals surface area contributed by atoms with Crippen molar-refractivity contribution in [1.29, 1.82) is 0 Å². The minimum absolute atomic E-state index is 0.0162. The Labute approximate surface area is 286 Å². The number of aliphatic hydroxyl groups is 2. The third-order valence-electron chi connectivity index (χ3n) is 13.9. The summed E-state index contributed by atoms with van der Waals surface area (Å²) in [5.41, 5.74) is 0.581. The average Bonchev–Trinajstić information content (AvgIpc) is 3.34. The van der Waals surface area contributed by atoms with Crippen molar-refractivity contribution < 1.29 is 28.2 Å². The highest BCUT2D eigenvalue weighted by atomic mass is 32.2. The first-order chi connectivity index (χ1) is 22.7. The molecule has 0 heterocycles. The maximum Gasteiger partial charge on any atom is 0.211 e. The van der Waals surface area contributed by atoms with Gasteiger partial charge in [-0.05, 0) is 79.7 Å². The van der Waals surface area contributed by atoms with Crippen LogP contribution in [0.5, 0.6) is 0 Å². The van der Waals surface area contributed by atoms with Gasteiger partial charge in [-0.25, -0.2) is 8.42 Å². The summed E-state index contributed by atoms with van der Waals surface area (Å²) in [6.07, 6.45) is 13.2. The maximum atomic E-state index is 14.9. The van der Waals surface area contributed by atoms with Crippen molar-refractivity contribution in [3.8, 4) is 11.1 Å². The number of aliphatic hydroxyl groups excluding tert-OH is 1. The third kappa shape index (κ3) is 4.88. The summed E-state index contributed by atoms with van der Waals surface area (Å²) in [6, 6.07) is 18.1. The van der Waals surface area contributed by atoms with E-state index < -0.39 is 38.0 Å². The number of ketones is 1. The molecule has 0 aliphatic heterocycles. The maximum absolute atomic E-state index is 14.9. The molecule has 2 N–H and O–H groups in total. The summed E-state index contributed by atoms with van der Waals surface area (Å²) in [4.78, 5) is 14.9. The largest absolute Gasteiger partial charge is 0.393 e. The van der Waals surface area contributed by atoms with Crippen LogP contribution < -0.4 is 0 Å². The fourth-order valence-electron chi connectivity index (χ4n) is 11.2. The van der Waals surface area contributed by atoms with E-state index in [1.807, 2.05) is 42.5 Å². The van der Waals surface area contributed by atoms with Gasteiger partial charge in [-0.1, -0.05) is 86.7 Å². The predicted octanol–water partition coefficient (Wildman–Crippen LogP) is 6.43. The quantitative estimate of drug-likeness (QED) is 0.171. The number of Topliss-reactive ketones (excluding diaryl/α,β-unsaturated/α-hetero) is 1. The number of carbonyl (C=O) groups excluding carboxylic acids is 1. The molecule has 2 aromatic rings. The summed E-state index contributed by atoms with van der Waals surface area (Å²) in [5.74, 6) is 0.136. The fourth-order valence-corrected chi connectivity index (χ4v) is 12.1. The van der Waals surface area contributed by atoms with Crippen molar-refractivity contribution in [3.63, 3.8) is 0 Å². The van der Waals surface area contributed by atoms with Crippen LogP contribution in [0.2, 0.25) is 0 Å². The highest BCUT2D eigenvalue weighted by Crippen LogP contribution is 2.78. The molecule has 0 saturated heterocycles. The van der Waals surface area contributed by atoms with E-state index in [9.17, 15) is 23.4 Å². The SMILES string of the molecule is COCCCN(C[C@]1(O)CC[C@H]2[C@]34C=C[C@@]5(C=C3C(=O)c3ccc(-c6ccccc6)cc3)CC(O)CC[C@]5(C)[C@H]4CC[C@@]21C)S(C)(=O)=O. The van der Waals surface area contributed by atoms with E-state index in [4.69, 9.17) is 4.74 Å². The Hall–Kier alpha value is -2.62. The van der Waals surface area contributed by atoms with Crippen molar-refractivity contribution in [1.82, 2.24) is 4.31 Å². The van der Waals surface area contributed by atoms with Gasteiger partial charge in [0.15, 0.2) is 5.78 Å². The topological polar surface area (TPSA) is 104 Å². The minimum atomic E-state index is -3.57. The molecule has 48 heavy (non-hydrogen) atoms. The molecule has 7 nitrogen and oxygen atoms in total. The monoisotopic (exact) mass is 673 g/mol. The molecule has 1 unspecified atom stereocenters. The lowest BCUT2D eigenvalue weighted by atomic mass is 9.32. The van der Waals surface area contributed by atoms with E-state index in [0.717, 1.165) is 42.4 Å². The van der Waals surface area contributed by atoms with Crippen LogP contribution in [0.1, 0.15) is 75.6 Å². The van der Waals surface area contributed by atoms with Crippen LogP contribution in [0.25, 0.3) is 11.1 Å². The van der Waals surface area contributed by atoms with Gasteiger partial charge in [-0.2, -0.15) is 4.31 Å². The van der Waals surface area contributed by atoms with E-state index in [-0.39, 0.29) is 36.1 Å². The van der Waals surface area contributed by atoms with Gasteiger partial charge in [0, 0.05) is 54.2 Å². The number of sulfonamides is 1. The van der Waals surface area contributed by atoms with Gasteiger partial charge in [0.05, 0.1) is 18.0 Å². The van der Waals surface area contributed by atoms with Crippen LogP contribution in [-0.4, -0.2) is 73.5 Å². The molecule has 8 heteroatoms. The zero-order valence-corrected chi connectivity index (χ0v) is 29.6. The zero-order valence-electron chi connectivity index (χ0n) is 28.8. The second kappa shape index (κ2) is 11.7. The van der Waals surface area contributed by atoms with E-state index in [1.54, 1.807) is 7.11 Å². The highest BCUT2D eigenvalue weighted by molar-refractivity contribution is 7.88. The second-order valence-corrected chi connectivity index (χ2v) is 18.0. The molecule has 0 aromatic heterocycles. The van der Waals surface area contributed by atoms with Gasteiger partial charge in [-0.3, -0.25) is 4.79 Å². The Morgan fingerprint density at radius 2 is 1.56 bits per heavy atom. The normalized spacial score (nSPS) is 38.3. The van der Waals surface area contributed by atoms with Crippen molar-refractivity contribution in [3.05, 3.63) is 84.0 Å². The molecule has 0 radical (unpaired) electrons. The fraction of sp³-hybridized carbons (Fsp3) is 0.575.